The van der Waals surface area contributed by atoms with E-state index in [-0.39, 0.29) is 0 Å². The topological polar surface area (TPSA) is 20.2 Å². The van der Waals surface area contributed by atoms with Crippen LogP contribution in [0.4, 0.5) is 0 Å². The molecule has 3 heteroatoms. The van der Waals surface area contributed by atoms with E-state index in [0.717, 1.165) is 20.3 Å². The minimum Gasteiger partial charge on any atom is -0.388 e. The molecule has 0 saturated carbocycles. The molecule has 0 fully saturated rings. The zero-order valence-corrected chi connectivity index (χ0v) is 11.5. The van der Waals surface area contributed by atoms with Crippen molar-refractivity contribution < 1.29 is 5.11 Å². The largest absolute Gasteiger partial charge is 0.388 e. The normalized spacial score (nSPS) is 12.7. The lowest BCUT2D eigenvalue weighted by Gasteiger charge is -2.13. The van der Waals surface area contributed by atoms with Gasteiger partial charge in [0, 0.05) is 11.3 Å². The zero-order valence-electron chi connectivity index (χ0n) is 9.90. The van der Waals surface area contributed by atoms with Crippen LogP contribution in [0, 0.1) is 13.8 Å². The summed E-state index contributed by atoms with van der Waals surface area (Å²) in [6.07, 6.45) is 0.173. The van der Waals surface area contributed by atoms with Crippen molar-refractivity contribution >= 4 is 22.9 Å². The summed E-state index contributed by atoms with van der Waals surface area (Å²) in [5.74, 6) is 0. The number of benzene rings is 1. The summed E-state index contributed by atoms with van der Waals surface area (Å²) >= 11 is 7.40. The van der Waals surface area contributed by atoms with Gasteiger partial charge in [-0.05, 0) is 37.1 Å². The minimum absolute atomic E-state index is 0.453. The Morgan fingerprint density at radius 1 is 1.24 bits per heavy atom. The van der Waals surface area contributed by atoms with Crippen molar-refractivity contribution in [2.24, 2.45) is 0 Å². The first-order valence-corrected chi connectivity index (χ1v) is 6.75. The summed E-state index contributed by atoms with van der Waals surface area (Å²) in [5, 5.41) is 10.2. The van der Waals surface area contributed by atoms with Crippen molar-refractivity contribution in [1.82, 2.24) is 0 Å². The first kappa shape index (κ1) is 12.6. The molecule has 1 unspecified atom stereocenters. The van der Waals surface area contributed by atoms with E-state index < -0.39 is 6.10 Å². The van der Waals surface area contributed by atoms with Gasteiger partial charge < -0.3 is 5.11 Å². The Bertz CT molecular complexity index is 519. The lowest BCUT2D eigenvalue weighted by molar-refractivity contribution is 0.178. The highest BCUT2D eigenvalue weighted by molar-refractivity contribution is 7.16. The van der Waals surface area contributed by atoms with Crippen LogP contribution < -0.4 is 0 Å². The molecule has 17 heavy (non-hydrogen) atoms. The highest BCUT2D eigenvalue weighted by Gasteiger charge is 2.12. The van der Waals surface area contributed by atoms with Crippen LogP contribution in [-0.4, -0.2) is 5.11 Å². The quantitative estimate of drug-likeness (QED) is 0.878. The number of aliphatic hydroxyl groups is 1. The lowest BCUT2D eigenvalue weighted by atomic mass is 9.99. The third-order valence-corrected chi connectivity index (χ3v) is 4.06. The molecule has 90 valence electrons. The number of aryl methyl sites for hydroxylation is 2. The summed E-state index contributed by atoms with van der Waals surface area (Å²) in [6.45, 7) is 4.09. The summed E-state index contributed by atoms with van der Waals surface area (Å²) in [7, 11) is 0. The molecule has 1 aromatic carbocycles. The maximum atomic E-state index is 10.2. The Hall–Kier alpha value is -0.830. The molecule has 1 atom stereocenters. The van der Waals surface area contributed by atoms with Crippen LogP contribution >= 0.6 is 22.9 Å². The molecule has 0 saturated heterocycles. The van der Waals surface area contributed by atoms with Gasteiger partial charge in [0.1, 0.15) is 0 Å². The third-order valence-electron chi connectivity index (χ3n) is 2.81. The fraction of sp³-hybridized carbons (Fsp3) is 0.286. The highest BCUT2D eigenvalue weighted by Crippen LogP contribution is 2.28. The van der Waals surface area contributed by atoms with E-state index in [1.165, 1.54) is 16.9 Å². The van der Waals surface area contributed by atoms with Crippen LogP contribution in [-0.2, 0) is 6.42 Å². The smallest absolute Gasteiger partial charge is 0.0931 e. The molecule has 0 aliphatic carbocycles. The molecular weight excluding hydrogens is 252 g/mol. The van der Waals surface area contributed by atoms with Gasteiger partial charge in [-0.3, -0.25) is 0 Å². The van der Waals surface area contributed by atoms with Crippen LogP contribution in [0.3, 0.4) is 0 Å². The Morgan fingerprint density at radius 2 is 2.00 bits per heavy atom. The Labute approximate surface area is 111 Å². The maximum absolute atomic E-state index is 10.2. The first-order valence-electron chi connectivity index (χ1n) is 5.55. The molecule has 1 aromatic heterocycles. The van der Waals surface area contributed by atoms with Gasteiger partial charge in [-0.1, -0.05) is 35.4 Å². The number of rotatable bonds is 3. The number of thiophene rings is 1. The third kappa shape index (κ3) is 3.09. The van der Waals surface area contributed by atoms with Crippen LogP contribution in [0.1, 0.15) is 27.7 Å². The SMILES string of the molecule is Cc1ccc(C(O)Cc2ccc(Cl)s2)c(C)c1. The van der Waals surface area contributed by atoms with E-state index in [0.29, 0.717) is 6.42 Å². The average Bonchev–Trinajstić information content (AvgIpc) is 2.63. The molecule has 0 spiro atoms. The van der Waals surface area contributed by atoms with Crippen molar-refractivity contribution in [3.05, 3.63) is 56.2 Å². The van der Waals surface area contributed by atoms with Crippen molar-refractivity contribution in [3.8, 4) is 0 Å². The van der Waals surface area contributed by atoms with Gasteiger partial charge in [0.05, 0.1) is 10.4 Å². The van der Waals surface area contributed by atoms with E-state index in [4.69, 9.17) is 11.6 Å². The summed E-state index contributed by atoms with van der Waals surface area (Å²) in [4.78, 5) is 1.11. The van der Waals surface area contributed by atoms with Crippen molar-refractivity contribution in [3.63, 3.8) is 0 Å². The van der Waals surface area contributed by atoms with Gasteiger partial charge in [0.15, 0.2) is 0 Å². The predicted octanol–water partition coefficient (Wildman–Crippen LogP) is 4.29. The van der Waals surface area contributed by atoms with Gasteiger partial charge in [0.2, 0.25) is 0 Å². The Morgan fingerprint density at radius 3 is 2.59 bits per heavy atom. The Balaban J connectivity index is 2.17. The van der Waals surface area contributed by atoms with Gasteiger partial charge in [0.25, 0.3) is 0 Å². The van der Waals surface area contributed by atoms with Crippen molar-refractivity contribution in [2.45, 2.75) is 26.4 Å². The molecule has 0 radical (unpaired) electrons. The van der Waals surface area contributed by atoms with Gasteiger partial charge in [-0.2, -0.15) is 0 Å². The van der Waals surface area contributed by atoms with Crippen molar-refractivity contribution in [1.29, 1.82) is 0 Å². The molecule has 0 bridgehead atoms. The second-order valence-corrected chi connectivity index (χ2v) is 6.09. The molecular formula is C14H15ClOS. The van der Waals surface area contributed by atoms with E-state index in [2.05, 4.69) is 13.0 Å². The van der Waals surface area contributed by atoms with E-state index in [1.54, 1.807) is 0 Å². The van der Waals surface area contributed by atoms with Gasteiger partial charge in [-0.25, -0.2) is 0 Å². The van der Waals surface area contributed by atoms with E-state index in [9.17, 15) is 5.11 Å². The fourth-order valence-electron chi connectivity index (χ4n) is 1.96. The minimum atomic E-state index is -0.453. The highest BCUT2D eigenvalue weighted by atomic mass is 35.5. The first-order chi connectivity index (χ1) is 8.06. The second-order valence-electron chi connectivity index (χ2n) is 4.29. The predicted molar refractivity (Wildman–Crippen MR) is 73.9 cm³/mol. The van der Waals surface area contributed by atoms with Crippen LogP contribution in [0.2, 0.25) is 4.34 Å². The average molecular weight is 267 g/mol. The molecule has 2 rings (SSSR count). The summed E-state index contributed by atoms with van der Waals surface area (Å²) in [5.41, 5.74) is 3.36. The molecule has 0 amide bonds. The summed E-state index contributed by atoms with van der Waals surface area (Å²) < 4.78 is 0.771. The molecule has 1 heterocycles. The number of halogens is 1. The number of aliphatic hydroxyl groups excluding tert-OH is 1. The number of hydrogen-bond acceptors (Lipinski definition) is 2. The van der Waals surface area contributed by atoms with E-state index in [1.807, 2.05) is 31.2 Å². The molecule has 1 nitrogen and oxygen atoms in total. The molecule has 2 aromatic rings. The van der Waals surface area contributed by atoms with E-state index >= 15 is 0 Å². The summed E-state index contributed by atoms with van der Waals surface area (Å²) in [6, 6.07) is 9.98. The second kappa shape index (κ2) is 5.21. The maximum Gasteiger partial charge on any atom is 0.0931 e. The molecule has 0 aliphatic heterocycles. The Kier molecular flexibility index (Phi) is 3.87. The zero-order chi connectivity index (χ0) is 12.4. The van der Waals surface area contributed by atoms with Gasteiger partial charge >= 0.3 is 0 Å². The van der Waals surface area contributed by atoms with Crippen molar-refractivity contribution in [2.75, 3.05) is 0 Å². The number of hydrogen-bond donors (Lipinski definition) is 1. The molecule has 0 aliphatic rings. The molecule has 1 N–H and O–H groups in total. The monoisotopic (exact) mass is 266 g/mol. The van der Waals surface area contributed by atoms with Crippen LogP contribution in [0.25, 0.3) is 0 Å². The lowest BCUT2D eigenvalue weighted by Crippen LogP contribution is -2.03. The fourth-order valence-corrected chi connectivity index (χ4v) is 3.09. The van der Waals surface area contributed by atoms with Gasteiger partial charge in [-0.15, -0.1) is 11.3 Å². The van der Waals surface area contributed by atoms with Crippen LogP contribution in [0.5, 0.6) is 0 Å². The standard InChI is InChI=1S/C14H15ClOS/c1-9-3-5-12(10(2)7-9)13(16)8-11-4-6-14(15)17-11/h3-7,13,16H,8H2,1-2H3. The van der Waals surface area contributed by atoms with Crippen LogP contribution in [0.15, 0.2) is 30.3 Å².